The van der Waals surface area contributed by atoms with Crippen molar-refractivity contribution in [3.05, 3.63) is 35.9 Å². The van der Waals surface area contributed by atoms with E-state index in [-0.39, 0.29) is 0 Å². The van der Waals surface area contributed by atoms with E-state index in [1.54, 1.807) is 7.11 Å². The summed E-state index contributed by atoms with van der Waals surface area (Å²) in [6.07, 6.45) is 2.27. The summed E-state index contributed by atoms with van der Waals surface area (Å²) < 4.78 is 5.25. The van der Waals surface area contributed by atoms with Crippen molar-refractivity contribution < 1.29 is 4.74 Å². The van der Waals surface area contributed by atoms with Gasteiger partial charge in [-0.25, -0.2) is 0 Å². The third-order valence-corrected chi connectivity index (χ3v) is 4.33. The number of amidine groups is 1. The van der Waals surface area contributed by atoms with Crippen LogP contribution >= 0.6 is 11.8 Å². The van der Waals surface area contributed by atoms with Gasteiger partial charge in [-0.15, -0.1) is 0 Å². The Bertz CT molecular complexity index is 402. The Hall–Kier alpha value is -1.00. The standard InChI is InChI=1S/C15H22N2OS/c1-3-7-13(11-18-2)17-15-16-10-14(19-15)12-8-5-4-6-9-12/h4-6,8-9,13-14H,3,7,10-11H2,1-2H3,(H,16,17). The molecule has 1 heterocycles. The van der Waals surface area contributed by atoms with Gasteiger partial charge >= 0.3 is 0 Å². The van der Waals surface area contributed by atoms with Crippen LogP contribution in [-0.4, -0.2) is 31.5 Å². The molecule has 0 fully saturated rings. The number of methoxy groups -OCH3 is 1. The lowest BCUT2D eigenvalue weighted by molar-refractivity contribution is 0.170. The van der Waals surface area contributed by atoms with Crippen LogP contribution in [0.4, 0.5) is 0 Å². The second-order valence-corrected chi connectivity index (χ2v) is 5.94. The molecule has 3 nitrogen and oxygen atoms in total. The molecule has 0 saturated carbocycles. The molecule has 0 saturated heterocycles. The number of thioether (sulfide) groups is 1. The fraction of sp³-hybridized carbons (Fsp3) is 0.533. The van der Waals surface area contributed by atoms with Crippen molar-refractivity contribution in [3.63, 3.8) is 0 Å². The Kier molecular flexibility index (Phi) is 5.73. The largest absolute Gasteiger partial charge is 0.383 e. The van der Waals surface area contributed by atoms with Gasteiger partial charge in [0.25, 0.3) is 0 Å². The molecular weight excluding hydrogens is 256 g/mol. The number of aliphatic imine (C=N–C) groups is 1. The molecule has 104 valence electrons. The first-order valence-electron chi connectivity index (χ1n) is 6.85. The first-order valence-corrected chi connectivity index (χ1v) is 7.73. The highest BCUT2D eigenvalue weighted by Crippen LogP contribution is 2.34. The fourth-order valence-electron chi connectivity index (χ4n) is 2.22. The average Bonchev–Trinajstić information content (AvgIpc) is 2.89. The van der Waals surface area contributed by atoms with Crippen molar-refractivity contribution in [2.45, 2.75) is 31.1 Å². The predicted molar refractivity (Wildman–Crippen MR) is 82.8 cm³/mol. The van der Waals surface area contributed by atoms with Crippen LogP contribution in [0.1, 0.15) is 30.6 Å². The summed E-state index contributed by atoms with van der Waals surface area (Å²) in [7, 11) is 1.75. The molecule has 0 aromatic heterocycles. The maximum atomic E-state index is 5.25. The van der Waals surface area contributed by atoms with Crippen LogP contribution in [-0.2, 0) is 4.74 Å². The Morgan fingerprint density at radius 1 is 1.42 bits per heavy atom. The van der Waals surface area contributed by atoms with Crippen LogP contribution in [0.3, 0.4) is 0 Å². The van der Waals surface area contributed by atoms with Crippen molar-refractivity contribution in [1.29, 1.82) is 0 Å². The van der Waals surface area contributed by atoms with E-state index < -0.39 is 0 Å². The van der Waals surface area contributed by atoms with Gasteiger partial charge in [0.15, 0.2) is 5.17 Å². The highest BCUT2D eigenvalue weighted by Gasteiger charge is 2.22. The summed E-state index contributed by atoms with van der Waals surface area (Å²) in [5.41, 5.74) is 1.35. The number of rotatable bonds is 6. The lowest BCUT2D eigenvalue weighted by Crippen LogP contribution is -2.35. The monoisotopic (exact) mass is 278 g/mol. The molecule has 1 aromatic carbocycles. The lowest BCUT2D eigenvalue weighted by Gasteiger charge is -2.18. The summed E-state index contributed by atoms with van der Waals surface area (Å²) in [6.45, 7) is 3.80. The Labute approximate surface area is 119 Å². The molecule has 2 atom stereocenters. The molecule has 0 radical (unpaired) electrons. The maximum absolute atomic E-state index is 5.25. The van der Waals surface area contributed by atoms with E-state index in [9.17, 15) is 0 Å². The van der Waals surface area contributed by atoms with E-state index in [2.05, 4.69) is 47.6 Å². The number of hydrogen-bond donors (Lipinski definition) is 1. The Morgan fingerprint density at radius 3 is 2.89 bits per heavy atom. The summed E-state index contributed by atoms with van der Waals surface area (Å²) in [6, 6.07) is 11.0. The molecule has 19 heavy (non-hydrogen) atoms. The number of nitrogens with zero attached hydrogens (tertiary/aromatic N) is 1. The highest BCUT2D eigenvalue weighted by atomic mass is 32.2. The van der Waals surface area contributed by atoms with E-state index >= 15 is 0 Å². The zero-order valence-corrected chi connectivity index (χ0v) is 12.5. The SMILES string of the molecule is CCCC(COC)NC1=NCC(c2ccccc2)S1. The van der Waals surface area contributed by atoms with Crippen LogP contribution in [0.25, 0.3) is 0 Å². The van der Waals surface area contributed by atoms with Gasteiger partial charge in [-0.2, -0.15) is 0 Å². The van der Waals surface area contributed by atoms with Gasteiger partial charge in [-0.1, -0.05) is 55.4 Å². The zero-order valence-electron chi connectivity index (χ0n) is 11.6. The summed E-state index contributed by atoms with van der Waals surface area (Å²) in [4.78, 5) is 4.61. The molecule has 1 N–H and O–H groups in total. The highest BCUT2D eigenvalue weighted by molar-refractivity contribution is 8.14. The topological polar surface area (TPSA) is 33.6 Å². The van der Waals surface area contributed by atoms with E-state index in [1.807, 2.05) is 11.8 Å². The molecule has 1 aliphatic rings. The first kappa shape index (κ1) is 14.4. The molecule has 4 heteroatoms. The molecule has 0 amide bonds. The third kappa shape index (κ3) is 4.25. The molecule has 1 aliphatic heterocycles. The van der Waals surface area contributed by atoms with E-state index in [0.717, 1.165) is 31.2 Å². The molecule has 0 spiro atoms. The van der Waals surface area contributed by atoms with Crippen molar-refractivity contribution in [2.75, 3.05) is 20.3 Å². The minimum atomic E-state index is 0.371. The smallest absolute Gasteiger partial charge is 0.157 e. The Morgan fingerprint density at radius 2 is 2.21 bits per heavy atom. The van der Waals surface area contributed by atoms with Crippen molar-refractivity contribution in [1.82, 2.24) is 5.32 Å². The van der Waals surface area contributed by atoms with E-state index in [4.69, 9.17) is 4.74 Å². The van der Waals surface area contributed by atoms with Crippen LogP contribution < -0.4 is 5.32 Å². The minimum absolute atomic E-state index is 0.371. The van der Waals surface area contributed by atoms with Gasteiger partial charge in [0.1, 0.15) is 0 Å². The fourth-order valence-corrected chi connectivity index (χ4v) is 3.31. The van der Waals surface area contributed by atoms with E-state index in [1.165, 1.54) is 5.56 Å². The van der Waals surface area contributed by atoms with Gasteiger partial charge in [-0.3, -0.25) is 4.99 Å². The van der Waals surface area contributed by atoms with Crippen LogP contribution in [0.15, 0.2) is 35.3 Å². The lowest BCUT2D eigenvalue weighted by atomic mass is 10.1. The quantitative estimate of drug-likeness (QED) is 0.867. The summed E-state index contributed by atoms with van der Waals surface area (Å²) >= 11 is 1.83. The molecular formula is C15H22N2OS. The van der Waals surface area contributed by atoms with Crippen molar-refractivity contribution in [2.24, 2.45) is 4.99 Å². The van der Waals surface area contributed by atoms with Gasteiger partial charge < -0.3 is 10.1 Å². The number of benzene rings is 1. The van der Waals surface area contributed by atoms with E-state index in [0.29, 0.717) is 11.3 Å². The molecule has 0 bridgehead atoms. The molecule has 0 aliphatic carbocycles. The molecule has 2 rings (SSSR count). The molecule has 2 unspecified atom stereocenters. The zero-order chi connectivity index (χ0) is 13.5. The average molecular weight is 278 g/mol. The Balaban J connectivity index is 1.87. The van der Waals surface area contributed by atoms with Crippen LogP contribution in [0, 0.1) is 0 Å². The van der Waals surface area contributed by atoms with Crippen molar-refractivity contribution >= 4 is 16.9 Å². The summed E-state index contributed by atoms with van der Waals surface area (Å²) in [5.74, 6) is 0. The predicted octanol–water partition coefficient (Wildman–Crippen LogP) is 3.24. The van der Waals surface area contributed by atoms with Crippen LogP contribution in [0.2, 0.25) is 0 Å². The first-order chi connectivity index (χ1) is 9.33. The van der Waals surface area contributed by atoms with Gasteiger partial charge in [0.2, 0.25) is 0 Å². The molecule has 1 aromatic rings. The second-order valence-electron chi connectivity index (χ2n) is 4.75. The third-order valence-electron chi connectivity index (χ3n) is 3.16. The maximum Gasteiger partial charge on any atom is 0.157 e. The van der Waals surface area contributed by atoms with Crippen LogP contribution in [0.5, 0.6) is 0 Å². The van der Waals surface area contributed by atoms with Crippen molar-refractivity contribution in [3.8, 4) is 0 Å². The van der Waals surface area contributed by atoms with Gasteiger partial charge in [-0.05, 0) is 12.0 Å². The number of nitrogens with one attached hydrogen (secondary N) is 1. The van der Waals surface area contributed by atoms with Gasteiger partial charge in [0, 0.05) is 7.11 Å². The normalized spacial score (nSPS) is 20.1. The number of hydrogen-bond acceptors (Lipinski definition) is 4. The second kappa shape index (κ2) is 7.56. The van der Waals surface area contributed by atoms with Gasteiger partial charge in [0.05, 0.1) is 24.4 Å². The minimum Gasteiger partial charge on any atom is -0.383 e. The number of ether oxygens (including phenoxy) is 1. The summed E-state index contributed by atoms with van der Waals surface area (Å²) in [5, 5.41) is 5.02.